The lowest BCUT2D eigenvalue weighted by molar-refractivity contribution is 0.0375. The van der Waals surface area contributed by atoms with Gasteiger partial charge in [0.25, 0.3) is 0 Å². The molecule has 2 saturated heterocycles. The molecule has 0 spiro atoms. The molecule has 1 aromatic heterocycles. The predicted molar refractivity (Wildman–Crippen MR) is 89.4 cm³/mol. The van der Waals surface area contributed by atoms with Gasteiger partial charge in [0, 0.05) is 42.6 Å². The molecule has 20 heavy (non-hydrogen) atoms. The van der Waals surface area contributed by atoms with E-state index >= 15 is 0 Å². The zero-order valence-electron chi connectivity index (χ0n) is 12.1. The van der Waals surface area contributed by atoms with E-state index in [1.54, 1.807) is 4.88 Å². The zero-order valence-corrected chi connectivity index (χ0v) is 13.7. The van der Waals surface area contributed by atoms with E-state index in [1.165, 1.54) is 49.0 Å². The standard InChI is InChI=1S/C15H24N2OS2/c1(5-16-6-10-18-11-7-16)2-14-3-4-15(20-14)17-8-12-19-13-9-17/h3-4H,1-2,5-13H2. The van der Waals surface area contributed by atoms with Crippen molar-refractivity contribution in [1.82, 2.24) is 4.90 Å². The lowest BCUT2D eigenvalue weighted by Gasteiger charge is -2.27. The van der Waals surface area contributed by atoms with Gasteiger partial charge in [0.1, 0.15) is 0 Å². The third-order valence-corrected chi connectivity index (χ3v) is 6.12. The number of ether oxygens (including phenoxy) is 1. The van der Waals surface area contributed by atoms with Gasteiger partial charge in [-0.25, -0.2) is 0 Å². The van der Waals surface area contributed by atoms with Crippen LogP contribution in [0.25, 0.3) is 0 Å². The molecular weight excluding hydrogens is 288 g/mol. The van der Waals surface area contributed by atoms with E-state index in [9.17, 15) is 0 Å². The summed E-state index contributed by atoms with van der Waals surface area (Å²) in [6.07, 6.45) is 2.50. The van der Waals surface area contributed by atoms with Crippen molar-refractivity contribution in [3.8, 4) is 0 Å². The first-order valence-electron chi connectivity index (χ1n) is 7.63. The van der Waals surface area contributed by atoms with Crippen LogP contribution >= 0.6 is 23.1 Å². The van der Waals surface area contributed by atoms with Crippen molar-refractivity contribution >= 4 is 28.1 Å². The van der Waals surface area contributed by atoms with E-state index < -0.39 is 0 Å². The third-order valence-electron chi connectivity index (χ3n) is 3.97. The maximum Gasteiger partial charge on any atom is 0.0911 e. The fourth-order valence-electron chi connectivity index (χ4n) is 2.76. The summed E-state index contributed by atoms with van der Waals surface area (Å²) < 4.78 is 5.39. The van der Waals surface area contributed by atoms with Crippen LogP contribution in [0.1, 0.15) is 11.3 Å². The van der Waals surface area contributed by atoms with Crippen molar-refractivity contribution in [3.63, 3.8) is 0 Å². The van der Waals surface area contributed by atoms with Crippen molar-refractivity contribution in [3.05, 3.63) is 17.0 Å². The molecule has 3 heterocycles. The minimum absolute atomic E-state index is 0.913. The first kappa shape index (κ1) is 14.7. The van der Waals surface area contributed by atoms with Crippen LogP contribution in [0.3, 0.4) is 0 Å². The number of thiophene rings is 1. The molecular formula is C15H24N2OS2. The fourth-order valence-corrected chi connectivity index (χ4v) is 4.76. The smallest absolute Gasteiger partial charge is 0.0911 e. The van der Waals surface area contributed by atoms with Crippen molar-refractivity contribution in [2.45, 2.75) is 12.8 Å². The summed E-state index contributed by atoms with van der Waals surface area (Å²) in [5.74, 6) is 2.56. The molecule has 3 rings (SSSR count). The number of rotatable bonds is 5. The number of aryl methyl sites for hydroxylation is 1. The van der Waals surface area contributed by atoms with Gasteiger partial charge in [-0.05, 0) is 31.5 Å². The van der Waals surface area contributed by atoms with Gasteiger partial charge in [0.05, 0.1) is 18.2 Å². The summed E-state index contributed by atoms with van der Waals surface area (Å²) in [6.45, 7) is 7.71. The molecule has 2 aliphatic heterocycles. The molecule has 0 saturated carbocycles. The Labute approximate surface area is 130 Å². The number of anilines is 1. The molecule has 2 aliphatic rings. The van der Waals surface area contributed by atoms with Crippen LogP contribution in [0.5, 0.6) is 0 Å². The van der Waals surface area contributed by atoms with E-state index in [0.717, 1.165) is 26.3 Å². The summed E-state index contributed by atoms with van der Waals surface area (Å²) >= 11 is 4.08. The van der Waals surface area contributed by atoms with Crippen LogP contribution in [0.15, 0.2) is 12.1 Å². The highest BCUT2D eigenvalue weighted by Crippen LogP contribution is 2.28. The summed E-state index contributed by atoms with van der Waals surface area (Å²) in [6, 6.07) is 4.66. The SMILES string of the molecule is c1cc(N2CCSCC2)sc1CCCN1CCOCC1. The van der Waals surface area contributed by atoms with Crippen molar-refractivity contribution < 1.29 is 4.74 Å². The average Bonchev–Trinajstić information content (AvgIpc) is 2.98. The highest BCUT2D eigenvalue weighted by atomic mass is 32.2. The maximum atomic E-state index is 5.39. The Kier molecular flexibility index (Phi) is 5.65. The molecule has 1 aromatic rings. The van der Waals surface area contributed by atoms with Gasteiger partial charge >= 0.3 is 0 Å². The van der Waals surface area contributed by atoms with Crippen LogP contribution in [0, 0.1) is 0 Å². The summed E-state index contributed by atoms with van der Waals surface area (Å²) in [5, 5.41) is 1.48. The van der Waals surface area contributed by atoms with E-state index in [-0.39, 0.29) is 0 Å². The van der Waals surface area contributed by atoms with E-state index in [2.05, 4.69) is 33.7 Å². The Hall–Kier alpha value is -0.230. The van der Waals surface area contributed by atoms with Gasteiger partial charge in [-0.2, -0.15) is 11.8 Å². The van der Waals surface area contributed by atoms with Gasteiger partial charge < -0.3 is 9.64 Å². The Morgan fingerprint density at radius 1 is 1.05 bits per heavy atom. The van der Waals surface area contributed by atoms with Gasteiger partial charge in [-0.3, -0.25) is 4.90 Å². The van der Waals surface area contributed by atoms with Gasteiger partial charge in [0.15, 0.2) is 0 Å². The summed E-state index contributed by atoms with van der Waals surface area (Å²) in [5.41, 5.74) is 0. The first-order chi connectivity index (χ1) is 9.92. The Morgan fingerprint density at radius 2 is 1.85 bits per heavy atom. The van der Waals surface area contributed by atoms with Gasteiger partial charge in [0.2, 0.25) is 0 Å². The second kappa shape index (κ2) is 7.69. The summed E-state index contributed by atoms with van der Waals surface area (Å²) in [7, 11) is 0. The molecule has 3 nitrogen and oxygen atoms in total. The number of nitrogens with zero attached hydrogens (tertiary/aromatic N) is 2. The number of hydrogen-bond donors (Lipinski definition) is 0. The molecule has 0 amide bonds. The van der Waals surface area contributed by atoms with E-state index in [1.807, 2.05) is 11.3 Å². The predicted octanol–water partition coefficient (Wildman–Crippen LogP) is 2.57. The second-order valence-corrected chi connectivity index (χ2v) is 7.77. The highest BCUT2D eigenvalue weighted by molar-refractivity contribution is 7.99. The molecule has 0 bridgehead atoms. The molecule has 0 aliphatic carbocycles. The minimum Gasteiger partial charge on any atom is -0.379 e. The van der Waals surface area contributed by atoms with Crippen LogP contribution in [0.4, 0.5) is 5.00 Å². The number of hydrogen-bond acceptors (Lipinski definition) is 5. The summed E-state index contributed by atoms with van der Waals surface area (Å²) in [4.78, 5) is 6.62. The Balaban J connectivity index is 1.42. The Bertz CT molecular complexity index is 398. The lowest BCUT2D eigenvalue weighted by atomic mass is 10.2. The van der Waals surface area contributed by atoms with Gasteiger partial charge in [-0.1, -0.05) is 0 Å². The highest BCUT2D eigenvalue weighted by Gasteiger charge is 2.13. The minimum atomic E-state index is 0.913. The van der Waals surface area contributed by atoms with E-state index in [0.29, 0.717) is 0 Å². The van der Waals surface area contributed by atoms with Crippen molar-refractivity contribution in [2.75, 3.05) is 62.3 Å². The van der Waals surface area contributed by atoms with Crippen LogP contribution in [-0.2, 0) is 11.2 Å². The molecule has 5 heteroatoms. The normalized spacial score (nSPS) is 21.3. The Morgan fingerprint density at radius 3 is 2.65 bits per heavy atom. The topological polar surface area (TPSA) is 15.7 Å². The lowest BCUT2D eigenvalue weighted by Crippen LogP contribution is -2.36. The molecule has 0 atom stereocenters. The molecule has 0 radical (unpaired) electrons. The number of thioether (sulfide) groups is 1. The molecule has 0 aromatic carbocycles. The second-order valence-electron chi connectivity index (χ2n) is 5.40. The average molecular weight is 313 g/mol. The van der Waals surface area contributed by atoms with Gasteiger partial charge in [-0.15, -0.1) is 11.3 Å². The van der Waals surface area contributed by atoms with Crippen LogP contribution < -0.4 is 4.90 Å². The van der Waals surface area contributed by atoms with Crippen LogP contribution in [-0.4, -0.2) is 62.3 Å². The number of morpholine rings is 1. The quantitative estimate of drug-likeness (QED) is 0.830. The van der Waals surface area contributed by atoms with E-state index in [4.69, 9.17) is 4.74 Å². The fraction of sp³-hybridized carbons (Fsp3) is 0.733. The van der Waals surface area contributed by atoms with Crippen molar-refractivity contribution in [2.24, 2.45) is 0 Å². The molecule has 112 valence electrons. The van der Waals surface area contributed by atoms with Crippen molar-refractivity contribution in [1.29, 1.82) is 0 Å². The maximum absolute atomic E-state index is 5.39. The largest absolute Gasteiger partial charge is 0.379 e. The monoisotopic (exact) mass is 312 g/mol. The third kappa shape index (κ3) is 4.13. The molecule has 0 N–H and O–H groups in total. The molecule has 0 unspecified atom stereocenters. The first-order valence-corrected chi connectivity index (χ1v) is 9.60. The zero-order chi connectivity index (χ0) is 13.6. The van der Waals surface area contributed by atoms with Crippen LogP contribution in [0.2, 0.25) is 0 Å². The molecule has 2 fully saturated rings.